The van der Waals surface area contributed by atoms with Crippen molar-refractivity contribution in [2.24, 2.45) is 5.92 Å². The molecule has 0 radical (unpaired) electrons. The number of carbonyl (C=O) groups is 2. The first-order valence-corrected chi connectivity index (χ1v) is 9.11. The fraction of sp³-hybridized carbons (Fsp3) is 0.412. The maximum atomic E-state index is 12.3. The minimum atomic E-state index is -0.914. The third-order valence-corrected chi connectivity index (χ3v) is 5.10. The predicted octanol–water partition coefficient (Wildman–Crippen LogP) is 1.99. The summed E-state index contributed by atoms with van der Waals surface area (Å²) in [4.78, 5) is 29.3. The number of amides is 1. The van der Waals surface area contributed by atoms with E-state index in [1.165, 1.54) is 11.8 Å². The Hall–Kier alpha value is -2.35. The number of hydrogen-bond acceptors (Lipinski definition) is 5. The molecule has 0 spiro atoms. The standard InChI is InChI=1S/C17H20N4O3S/c1-11-18-17(20-19-11)25-10-15(22)21-7-6-13(9-21)8-12-2-4-14(5-3-12)16(23)24/h2-5,13H,6-10H2,1H3,(H,23,24)(H,18,19,20)/t13-/m1/s1. The lowest BCUT2D eigenvalue weighted by Crippen LogP contribution is -2.30. The number of aromatic carboxylic acids is 1. The summed E-state index contributed by atoms with van der Waals surface area (Å²) >= 11 is 1.35. The number of carbonyl (C=O) groups excluding carboxylic acids is 1. The Labute approximate surface area is 149 Å². The lowest BCUT2D eigenvalue weighted by molar-refractivity contribution is -0.127. The van der Waals surface area contributed by atoms with Gasteiger partial charge in [-0.1, -0.05) is 23.9 Å². The number of rotatable bonds is 6. The van der Waals surface area contributed by atoms with Crippen LogP contribution in [0.3, 0.4) is 0 Å². The lowest BCUT2D eigenvalue weighted by atomic mass is 9.98. The van der Waals surface area contributed by atoms with Gasteiger partial charge in [0.15, 0.2) is 0 Å². The minimum Gasteiger partial charge on any atom is -0.478 e. The highest BCUT2D eigenvalue weighted by molar-refractivity contribution is 7.99. The summed E-state index contributed by atoms with van der Waals surface area (Å²) in [5.74, 6) is 0.692. The Morgan fingerprint density at radius 1 is 1.36 bits per heavy atom. The van der Waals surface area contributed by atoms with Crippen molar-refractivity contribution in [1.29, 1.82) is 0 Å². The molecule has 1 fully saturated rings. The number of hydrogen-bond donors (Lipinski definition) is 2. The fourth-order valence-electron chi connectivity index (χ4n) is 2.95. The first kappa shape index (κ1) is 17.5. The number of carboxylic acids is 1. The van der Waals surface area contributed by atoms with Gasteiger partial charge in [0.2, 0.25) is 11.1 Å². The van der Waals surface area contributed by atoms with Crippen LogP contribution in [0.25, 0.3) is 0 Å². The molecule has 0 saturated carbocycles. The molecule has 7 nitrogen and oxygen atoms in total. The van der Waals surface area contributed by atoms with Gasteiger partial charge in [0.05, 0.1) is 11.3 Å². The van der Waals surface area contributed by atoms with Gasteiger partial charge in [-0.25, -0.2) is 9.78 Å². The van der Waals surface area contributed by atoms with Gasteiger partial charge in [-0.05, 0) is 43.4 Å². The normalized spacial score (nSPS) is 17.0. The summed E-state index contributed by atoms with van der Waals surface area (Å²) in [5, 5.41) is 16.3. The quantitative estimate of drug-likeness (QED) is 0.765. The van der Waals surface area contributed by atoms with E-state index in [1.54, 1.807) is 12.1 Å². The minimum absolute atomic E-state index is 0.108. The molecule has 132 valence electrons. The van der Waals surface area contributed by atoms with Crippen LogP contribution in [-0.2, 0) is 11.2 Å². The molecule has 0 unspecified atom stereocenters. The lowest BCUT2D eigenvalue weighted by Gasteiger charge is -2.16. The van der Waals surface area contributed by atoms with Crippen LogP contribution < -0.4 is 0 Å². The third kappa shape index (κ3) is 4.60. The second kappa shape index (κ2) is 7.69. The number of nitrogens with one attached hydrogen (secondary N) is 1. The van der Waals surface area contributed by atoms with Gasteiger partial charge in [-0.3, -0.25) is 9.89 Å². The summed E-state index contributed by atoms with van der Waals surface area (Å²) in [6.45, 7) is 3.34. The summed E-state index contributed by atoms with van der Waals surface area (Å²) in [7, 11) is 0. The molecule has 1 atom stereocenters. The number of H-pyrrole nitrogens is 1. The molecule has 1 saturated heterocycles. The molecule has 2 aromatic rings. The molecule has 1 aliphatic heterocycles. The maximum Gasteiger partial charge on any atom is 0.335 e. The van der Waals surface area contributed by atoms with Crippen LogP contribution >= 0.6 is 11.8 Å². The van der Waals surface area contributed by atoms with E-state index in [9.17, 15) is 9.59 Å². The van der Waals surface area contributed by atoms with Crippen LogP contribution in [0.5, 0.6) is 0 Å². The average Bonchev–Trinajstić information content (AvgIpc) is 3.22. The van der Waals surface area contributed by atoms with Crippen LogP contribution in [0, 0.1) is 12.8 Å². The molecule has 0 bridgehead atoms. The second-order valence-corrected chi connectivity index (χ2v) is 7.14. The van der Waals surface area contributed by atoms with Crippen molar-refractivity contribution >= 4 is 23.6 Å². The van der Waals surface area contributed by atoms with Gasteiger partial charge < -0.3 is 10.0 Å². The Kier molecular flexibility index (Phi) is 5.37. The van der Waals surface area contributed by atoms with Gasteiger partial charge >= 0.3 is 5.97 Å². The third-order valence-electron chi connectivity index (χ3n) is 4.27. The van der Waals surface area contributed by atoms with Crippen molar-refractivity contribution < 1.29 is 14.7 Å². The van der Waals surface area contributed by atoms with Gasteiger partial charge in [-0.15, -0.1) is 5.10 Å². The summed E-state index contributed by atoms with van der Waals surface area (Å²) < 4.78 is 0. The zero-order valence-electron chi connectivity index (χ0n) is 13.9. The average molecular weight is 360 g/mol. The van der Waals surface area contributed by atoms with Crippen LogP contribution in [0.15, 0.2) is 29.4 Å². The Balaban J connectivity index is 1.47. The van der Waals surface area contributed by atoms with Gasteiger partial charge in [0.1, 0.15) is 5.82 Å². The Morgan fingerprint density at radius 2 is 2.12 bits per heavy atom. The van der Waals surface area contributed by atoms with Crippen molar-refractivity contribution in [2.45, 2.75) is 24.9 Å². The number of aromatic nitrogens is 3. The van der Waals surface area contributed by atoms with Crippen molar-refractivity contribution in [3.63, 3.8) is 0 Å². The fourth-order valence-corrected chi connectivity index (χ4v) is 3.69. The first-order valence-electron chi connectivity index (χ1n) is 8.13. The van der Waals surface area contributed by atoms with E-state index in [0.717, 1.165) is 37.3 Å². The predicted molar refractivity (Wildman–Crippen MR) is 93.6 cm³/mol. The number of benzene rings is 1. The highest BCUT2D eigenvalue weighted by Crippen LogP contribution is 2.23. The molecular formula is C17H20N4O3S. The molecule has 1 aromatic heterocycles. The van der Waals surface area contributed by atoms with E-state index >= 15 is 0 Å². The molecule has 3 rings (SSSR count). The topological polar surface area (TPSA) is 99.2 Å². The van der Waals surface area contributed by atoms with E-state index in [1.807, 2.05) is 24.0 Å². The number of aromatic amines is 1. The van der Waals surface area contributed by atoms with Crippen molar-refractivity contribution in [2.75, 3.05) is 18.8 Å². The Morgan fingerprint density at radius 3 is 2.76 bits per heavy atom. The van der Waals surface area contributed by atoms with Crippen LogP contribution in [0.2, 0.25) is 0 Å². The maximum absolute atomic E-state index is 12.3. The summed E-state index contributed by atoms with van der Waals surface area (Å²) in [6.07, 6.45) is 1.83. The van der Waals surface area contributed by atoms with Gasteiger partial charge in [-0.2, -0.15) is 0 Å². The van der Waals surface area contributed by atoms with Crippen molar-refractivity contribution in [1.82, 2.24) is 20.1 Å². The molecule has 8 heteroatoms. The molecule has 1 aromatic carbocycles. The number of thioether (sulfide) groups is 1. The zero-order chi connectivity index (χ0) is 17.8. The van der Waals surface area contributed by atoms with E-state index in [2.05, 4.69) is 15.2 Å². The molecule has 0 aliphatic carbocycles. The highest BCUT2D eigenvalue weighted by atomic mass is 32.2. The van der Waals surface area contributed by atoms with E-state index < -0.39 is 5.97 Å². The van der Waals surface area contributed by atoms with E-state index in [0.29, 0.717) is 22.4 Å². The summed E-state index contributed by atoms with van der Waals surface area (Å²) in [6, 6.07) is 6.97. The molecule has 25 heavy (non-hydrogen) atoms. The number of nitrogens with zero attached hydrogens (tertiary/aromatic N) is 3. The van der Waals surface area contributed by atoms with Crippen LogP contribution in [0.4, 0.5) is 0 Å². The van der Waals surface area contributed by atoms with E-state index in [4.69, 9.17) is 5.11 Å². The van der Waals surface area contributed by atoms with Gasteiger partial charge in [0.25, 0.3) is 0 Å². The SMILES string of the molecule is Cc1nc(SCC(=O)N2CC[C@H](Cc3ccc(C(=O)O)cc3)C2)n[nH]1. The highest BCUT2D eigenvalue weighted by Gasteiger charge is 2.26. The molecular weight excluding hydrogens is 340 g/mol. The second-order valence-electron chi connectivity index (χ2n) is 6.19. The molecule has 1 aliphatic rings. The number of likely N-dealkylation sites (tertiary alicyclic amines) is 1. The molecule has 2 N–H and O–H groups in total. The monoisotopic (exact) mass is 360 g/mol. The van der Waals surface area contributed by atoms with Crippen molar-refractivity contribution in [3.05, 3.63) is 41.2 Å². The first-order chi connectivity index (χ1) is 12.0. The Bertz CT molecular complexity index is 760. The summed E-state index contributed by atoms with van der Waals surface area (Å²) in [5.41, 5.74) is 1.40. The largest absolute Gasteiger partial charge is 0.478 e. The number of carboxylic acid groups (broad SMARTS) is 1. The molecule has 1 amide bonds. The van der Waals surface area contributed by atoms with Crippen LogP contribution in [-0.4, -0.2) is 55.9 Å². The van der Waals surface area contributed by atoms with Gasteiger partial charge in [0, 0.05) is 13.1 Å². The van der Waals surface area contributed by atoms with E-state index in [-0.39, 0.29) is 5.91 Å². The zero-order valence-corrected chi connectivity index (χ0v) is 14.8. The van der Waals surface area contributed by atoms with Crippen LogP contribution in [0.1, 0.15) is 28.2 Å². The smallest absolute Gasteiger partial charge is 0.335 e. The molecule has 2 heterocycles. The van der Waals surface area contributed by atoms with Crippen molar-refractivity contribution in [3.8, 4) is 0 Å². The number of aryl methyl sites for hydroxylation is 1.